The fourth-order valence-corrected chi connectivity index (χ4v) is 1.91. The van der Waals surface area contributed by atoms with Crippen molar-refractivity contribution in [2.45, 2.75) is 13.5 Å². The Bertz CT molecular complexity index is 735. The predicted molar refractivity (Wildman–Crippen MR) is 89.1 cm³/mol. The SMILES string of the molecule is CCOc1ccc(F)cc1C#CCNC(=O)OCc1ccccc1. The van der Waals surface area contributed by atoms with Crippen LogP contribution in [0.3, 0.4) is 0 Å². The fourth-order valence-electron chi connectivity index (χ4n) is 1.91. The van der Waals surface area contributed by atoms with Gasteiger partial charge in [0.05, 0.1) is 18.7 Å². The van der Waals surface area contributed by atoms with Crippen LogP contribution >= 0.6 is 0 Å². The summed E-state index contributed by atoms with van der Waals surface area (Å²) in [5, 5.41) is 2.52. The third-order valence-corrected chi connectivity index (χ3v) is 3.00. The Morgan fingerprint density at radius 1 is 1.21 bits per heavy atom. The summed E-state index contributed by atoms with van der Waals surface area (Å²) in [5.41, 5.74) is 1.34. The number of rotatable bonds is 5. The minimum Gasteiger partial charge on any atom is -0.493 e. The number of hydrogen-bond acceptors (Lipinski definition) is 3. The molecule has 0 aromatic heterocycles. The monoisotopic (exact) mass is 327 g/mol. The van der Waals surface area contributed by atoms with E-state index in [9.17, 15) is 9.18 Å². The molecule has 2 aromatic rings. The zero-order valence-corrected chi connectivity index (χ0v) is 13.3. The average Bonchev–Trinajstić information content (AvgIpc) is 2.60. The van der Waals surface area contributed by atoms with E-state index in [1.54, 1.807) is 0 Å². The molecule has 0 bridgehead atoms. The second-order valence-electron chi connectivity index (χ2n) is 4.79. The van der Waals surface area contributed by atoms with E-state index in [0.717, 1.165) is 5.56 Å². The molecule has 124 valence electrons. The van der Waals surface area contributed by atoms with Crippen LogP contribution in [0.4, 0.5) is 9.18 Å². The summed E-state index contributed by atoms with van der Waals surface area (Å²) in [6, 6.07) is 13.5. The van der Waals surface area contributed by atoms with E-state index in [1.807, 2.05) is 37.3 Å². The Kier molecular flexibility index (Phi) is 6.66. The molecule has 0 aliphatic carbocycles. The fraction of sp³-hybridized carbons (Fsp3) is 0.211. The third-order valence-electron chi connectivity index (χ3n) is 3.00. The first kappa shape index (κ1) is 17.4. The second-order valence-corrected chi connectivity index (χ2v) is 4.79. The van der Waals surface area contributed by atoms with Crippen molar-refractivity contribution in [3.8, 4) is 17.6 Å². The van der Waals surface area contributed by atoms with Gasteiger partial charge in [-0.25, -0.2) is 9.18 Å². The Morgan fingerprint density at radius 2 is 2.00 bits per heavy atom. The smallest absolute Gasteiger partial charge is 0.408 e. The van der Waals surface area contributed by atoms with E-state index in [1.165, 1.54) is 18.2 Å². The summed E-state index contributed by atoms with van der Waals surface area (Å²) in [6.07, 6.45) is -0.558. The number of ether oxygens (including phenoxy) is 2. The molecule has 4 nitrogen and oxygen atoms in total. The minimum absolute atomic E-state index is 0.0930. The minimum atomic E-state index is -0.558. The highest BCUT2D eigenvalue weighted by Crippen LogP contribution is 2.18. The zero-order chi connectivity index (χ0) is 17.2. The van der Waals surface area contributed by atoms with Crippen LogP contribution in [-0.4, -0.2) is 19.2 Å². The lowest BCUT2D eigenvalue weighted by Crippen LogP contribution is -2.24. The maximum absolute atomic E-state index is 13.3. The number of nitrogens with one attached hydrogen (secondary N) is 1. The van der Waals surface area contributed by atoms with Crippen LogP contribution in [0.2, 0.25) is 0 Å². The molecule has 5 heteroatoms. The van der Waals surface area contributed by atoms with Gasteiger partial charge >= 0.3 is 6.09 Å². The van der Waals surface area contributed by atoms with Gasteiger partial charge in [0, 0.05) is 0 Å². The molecule has 0 aliphatic heterocycles. The van der Waals surface area contributed by atoms with Crippen LogP contribution in [0.1, 0.15) is 18.1 Å². The Morgan fingerprint density at radius 3 is 2.75 bits per heavy atom. The van der Waals surface area contributed by atoms with Crippen molar-refractivity contribution in [2.24, 2.45) is 0 Å². The van der Waals surface area contributed by atoms with Crippen molar-refractivity contribution in [1.29, 1.82) is 0 Å². The van der Waals surface area contributed by atoms with Crippen molar-refractivity contribution in [3.05, 3.63) is 65.5 Å². The number of carbonyl (C=O) groups is 1. The zero-order valence-electron chi connectivity index (χ0n) is 13.3. The van der Waals surface area contributed by atoms with Gasteiger partial charge in [-0.05, 0) is 30.7 Å². The molecule has 0 fully saturated rings. The highest BCUT2D eigenvalue weighted by atomic mass is 19.1. The average molecular weight is 327 g/mol. The number of alkyl carbamates (subject to hydrolysis) is 1. The number of halogens is 1. The molecule has 0 saturated heterocycles. The number of benzene rings is 2. The summed E-state index contributed by atoms with van der Waals surface area (Å²) in [7, 11) is 0. The first-order valence-corrected chi connectivity index (χ1v) is 7.55. The van der Waals surface area contributed by atoms with Crippen LogP contribution in [0.25, 0.3) is 0 Å². The van der Waals surface area contributed by atoms with Crippen molar-refractivity contribution in [3.63, 3.8) is 0 Å². The van der Waals surface area contributed by atoms with Gasteiger partial charge in [0.2, 0.25) is 0 Å². The number of hydrogen-bond donors (Lipinski definition) is 1. The maximum Gasteiger partial charge on any atom is 0.408 e. The molecule has 2 rings (SSSR count). The Hall–Kier alpha value is -3.00. The molecule has 2 aromatic carbocycles. The summed E-state index contributed by atoms with van der Waals surface area (Å²) in [5.74, 6) is 5.65. The van der Waals surface area contributed by atoms with Gasteiger partial charge in [-0.15, -0.1) is 0 Å². The van der Waals surface area contributed by atoms with Crippen molar-refractivity contribution >= 4 is 6.09 Å². The van der Waals surface area contributed by atoms with Crippen LogP contribution < -0.4 is 10.1 Å². The summed E-state index contributed by atoms with van der Waals surface area (Å²) < 4.78 is 23.7. The van der Waals surface area contributed by atoms with Gasteiger partial charge in [0.15, 0.2) is 0 Å². The van der Waals surface area contributed by atoms with E-state index in [2.05, 4.69) is 17.2 Å². The quantitative estimate of drug-likeness (QED) is 0.855. The molecule has 1 amide bonds. The maximum atomic E-state index is 13.3. The van der Waals surface area contributed by atoms with E-state index in [0.29, 0.717) is 17.9 Å². The molecule has 0 unspecified atom stereocenters. The van der Waals surface area contributed by atoms with Crippen LogP contribution in [0, 0.1) is 17.7 Å². The summed E-state index contributed by atoms with van der Waals surface area (Å²) >= 11 is 0. The number of carbonyl (C=O) groups excluding carboxylic acids is 1. The van der Waals surface area contributed by atoms with Gasteiger partial charge < -0.3 is 14.8 Å². The van der Waals surface area contributed by atoms with E-state index in [-0.39, 0.29) is 13.2 Å². The molecule has 0 saturated carbocycles. The van der Waals surface area contributed by atoms with E-state index >= 15 is 0 Å². The molecule has 0 atom stereocenters. The van der Waals surface area contributed by atoms with Crippen molar-refractivity contribution < 1.29 is 18.7 Å². The van der Waals surface area contributed by atoms with Gasteiger partial charge in [-0.2, -0.15) is 0 Å². The van der Waals surface area contributed by atoms with Gasteiger partial charge in [-0.3, -0.25) is 0 Å². The number of amides is 1. The lowest BCUT2D eigenvalue weighted by atomic mass is 10.2. The second kappa shape index (κ2) is 9.21. The van der Waals surface area contributed by atoms with Crippen LogP contribution in [0.15, 0.2) is 48.5 Å². The molecule has 24 heavy (non-hydrogen) atoms. The van der Waals surface area contributed by atoms with Crippen LogP contribution in [0.5, 0.6) is 5.75 Å². The topological polar surface area (TPSA) is 47.6 Å². The summed E-state index contributed by atoms with van der Waals surface area (Å²) in [6.45, 7) is 2.59. The lowest BCUT2D eigenvalue weighted by molar-refractivity contribution is 0.141. The third kappa shape index (κ3) is 5.65. The molecule has 0 heterocycles. The highest BCUT2D eigenvalue weighted by molar-refractivity contribution is 5.67. The highest BCUT2D eigenvalue weighted by Gasteiger charge is 2.03. The van der Waals surface area contributed by atoms with E-state index in [4.69, 9.17) is 9.47 Å². The van der Waals surface area contributed by atoms with Gasteiger partial charge in [0.1, 0.15) is 18.2 Å². The largest absolute Gasteiger partial charge is 0.493 e. The molecule has 1 N–H and O–H groups in total. The Labute approximate surface area is 140 Å². The van der Waals surface area contributed by atoms with Crippen molar-refractivity contribution in [2.75, 3.05) is 13.2 Å². The first-order chi connectivity index (χ1) is 11.7. The normalized spacial score (nSPS) is 9.58. The Balaban J connectivity index is 1.83. The molecular formula is C19H18FNO3. The van der Waals surface area contributed by atoms with Crippen LogP contribution in [-0.2, 0) is 11.3 Å². The lowest BCUT2D eigenvalue weighted by Gasteiger charge is -2.05. The standard InChI is InChI=1S/C19H18FNO3/c1-2-23-18-11-10-17(20)13-16(18)9-6-12-21-19(22)24-14-15-7-4-3-5-8-15/h3-5,7-8,10-11,13H,2,12,14H2,1H3,(H,21,22). The first-order valence-electron chi connectivity index (χ1n) is 7.55. The molecule has 0 aliphatic rings. The predicted octanol–water partition coefficient (Wildman–Crippen LogP) is 3.50. The van der Waals surface area contributed by atoms with Crippen molar-refractivity contribution in [1.82, 2.24) is 5.32 Å². The molecule has 0 radical (unpaired) electrons. The van der Waals surface area contributed by atoms with E-state index < -0.39 is 11.9 Å². The molecular weight excluding hydrogens is 309 g/mol. The van der Waals surface area contributed by atoms with Gasteiger partial charge in [0.25, 0.3) is 0 Å². The van der Waals surface area contributed by atoms with Gasteiger partial charge in [-0.1, -0.05) is 42.2 Å². The summed E-state index contributed by atoms with van der Waals surface area (Å²) in [4.78, 5) is 11.6. The molecule has 0 spiro atoms.